The number of benzene rings is 1. The molecule has 0 spiro atoms. The Balaban J connectivity index is 1.71. The number of hydrogen-bond acceptors (Lipinski definition) is 5. The molecule has 2 aromatic heterocycles. The van der Waals surface area contributed by atoms with Gasteiger partial charge in [0.1, 0.15) is 9.88 Å². The van der Waals surface area contributed by atoms with Gasteiger partial charge in [0.2, 0.25) is 0 Å². The van der Waals surface area contributed by atoms with Gasteiger partial charge in [-0.2, -0.15) is 0 Å². The zero-order valence-electron chi connectivity index (χ0n) is 14.3. The summed E-state index contributed by atoms with van der Waals surface area (Å²) in [6.07, 6.45) is 2.80. The molecule has 4 nitrogen and oxygen atoms in total. The van der Waals surface area contributed by atoms with Crippen molar-refractivity contribution < 1.29 is 14.3 Å². The smallest absolute Gasteiger partial charge is 0.341 e. The van der Waals surface area contributed by atoms with Crippen LogP contribution in [0.5, 0.6) is 0 Å². The summed E-state index contributed by atoms with van der Waals surface area (Å²) in [4.78, 5) is 26.7. The standard InChI is InChI=1S/C19H16ClNO3S2/c1-9-6-7-11-13(8-9)25-16(15(11)20)17(22)21-18-14(19(23)24-2)10-4-3-5-12(10)26-18/h6-8H,3-5H2,1-2H3,(H,21,22). The van der Waals surface area contributed by atoms with Crippen LogP contribution in [0, 0.1) is 6.92 Å². The predicted octanol–water partition coefficient (Wildman–Crippen LogP) is 5.45. The van der Waals surface area contributed by atoms with Crippen molar-refractivity contribution in [1.82, 2.24) is 0 Å². The Morgan fingerprint density at radius 2 is 2.04 bits per heavy atom. The molecule has 0 unspecified atom stereocenters. The monoisotopic (exact) mass is 405 g/mol. The number of esters is 1. The molecular formula is C19H16ClNO3S2. The molecular weight excluding hydrogens is 390 g/mol. The van der Waals surface area contributed by atoms with Crippen LogP contribution in [-0.4, -0.2) is 19.0 Å². The molecule has 0 saturated heterocycles. The molecule has 7 heteroatoms. The lowest BCUT2D eigenvalue weighted by Gasteiger charge is -2.06. The van der Waals surface area contributed by atoms with E-state index in [1.807, 2.05) is 25.1 Å². The molecule has 1 amide bonds. The highest BCUT2D eigenvalue weighted by Crippen LogP contribution is 2.41. The summed E-state index contributed by atoms with van der Waals surface area (Å²) in [5, 5.41) is 4.76. The van der Waals surface area contributed by atoms with Crippen LogP contribution in [-0.2, 0) is 17.6 Å². The van der Waals surface area contributed by atoms with Crippen LogP contribution in [0.2, 0.25) is 5.02 Å². The van der Waals surface area contributed by atoms with E-state index >= 15 is 0 Å². The Bertz CT molecular complexity index is 1050. The van der Waals surface area contributed by atoms with E-state index < -0.39 is 5.97 Å². The second-order valence-corrected chi connectivity index (χ2v) is 8.79. The van der Waals surface area contributed by atoms with E-state index in [1.54, 1.807) is 0 Å². The van der Waals surface area contributed by atoms with Crippen LogP contribution < -0.4 is 5.32 Å². The summed E-state index contributed by atoms with van der Waals surface area (Å²) in [7, 11) is 1.36. The molecule has 1 N–H and O–H groups in total. The van der Waals surface area contributed by atoms with E-state index in [4.69, 9.17) is 16.3 Å². The number of hydrogen-bond donors (Lipinski definition) is 1. The number of aryl methyl sites for hydroxylation is 2. The van der Waals surface area contributed by atoms with Gasteiger partial charge >= 0.3 is 5.97 Å². The lowest BCUT2D eigenvalue weighted by atomic mass is 10.1. The lowest BCUT2D eigenvalue weighted by molar-refractivity contribution is 0.0601. The van der Waals surface area contributed by atoms with Gasteiger partial charge in [0.15, 0.2) is 0 Å². The summed E-state index contributed by atoms with van der Waals surface area (Å²) in [5.74, 6) is -0.698. The van der Waals surface area contributed by atoms with Gasteiger partial charge < -0.3 is 10.1 Å². The van der Waals surface area contributed by atoms with Crippen molar-refractivity contribution in [3.63, 3.8) is 0 Å². The summed E-state index contributed by atoms with van der Waals surface area (Å²) in [6, 6.07) is 5.92. The number of carbonyl (C=O) groups excluding carboxylic acids is 2. The van der Waals surface area contributed by atoms with Crippen molar-refractivity contribution in [2.45, 2.75) is 26.2 Å². The van der Waals surface area contributed by atoms with Crippen LogP contribution >= 0.6 is 34.3 Å². The van der Waals surface area contributed by atoms with E-state index in [1.165, 1.54) is 29.8 Å². The summed E-state index contributed by atoms with van der Waals surface area (Å²) in [6.45, 7) is 2.00. The number of fused-ring (bicyclic) bond motifs is 2. The minimum atomic E-state index is -0.405. The molecule has 0 bridgehead atoms. The first-order valence-electron chi connectivity index (χ1n) is 8.22. The molecule has 0 saturated carbocycles. The minimum absolute atomic E-state index is 0.293. The van der Waals surface area contributed by atoms with Gasteiger partial charge in [-0.15, -0.1) is 22.7 Å². The average Bonchev–Trinajstić information content (AvgIpc) is 3.27. The first-order valence-corrected chi connectivity index (χ1v) is 10.2. The van der Waals surface area contributed by atoms with Gasteiger partial charge in [0.05, 0.1) is 17.7 Å². The molecule has 2 heterocycles. The van der Waals surface area contributed by atoms with Crippen LogP contribution in [0.4, 0.5) is 5.00 Å². The first kappa shape index (κ1) is 17.5. The van der Waals surface area contributed by atoms with Crippen LogP contribution in [0.1, 0.15) is 42.5 Å². The van der Waals surface area contributed by atoms with Crippen molar-refractivity contribution in [2.24, 2.45) is 0 Å². The highest BCUT2D eigenvalue weighted by molar-refractivity contribution is 7.22. The number of halogens is 1. The average molecular weight is 406 g/mol. The third kappa shape index (κ3) is 2.82. The van der Waals surface area contributed by atoms with Gasteiger partial charge in [-0.05, 0) is 43.4 Å². The van der Waals surface area contributed by atoms with Crippen LogP contribution in [0.3, 0.4) is 0 Å². The Kier molecular flexibility index (Phi) is 4.50. The summed E-state index contributed by atoms with van der Waals surface area (Å²) in [5.41, 5.74) is 2.62. The zero-order valence-corrected chi connectivity index (χ0v) is 16.7. The SMILES string of the molecule is COC(=O)c1c(NC(=O)c2sc3cc(C)ccc3c2Cl)sc2c1CCC2. The van der Waals surface area contributed by atoms with Gasteiger partial charge in [-0.1, -0.05) is 23.7 Å². The lowest BCUT2D eigenvalue weighted by Crippen LogP contribution is -2.13. The first-order chi connectivity index (χ1) is 12.5. The Morgan fingerprint density at radius 3 is 2.81 bits per heavy atom. The maximum Gasteiger partial charge on any atom is 0.341 e. The van der Waals surface area contributed by atoms with E-state index in [0.29, 0.717) is 20.5 Å². The van der Waals surface area contributed by atoms with Crippen LogP contribution in [0.15, 0.2) is 18.2 Å². The largest absolute Gasteiger partial charge is 0.465 e. The van der Waals surface area contributed by atoms with E-state index in [9.17, 15) is 9.59 Å². The molecule has 26 heavy (non-hydrogen) atoms. The van der Waals surface area contributed by atoms with E-state index in [2.05, 4.69) is 5.32 Å². The number of carbonyl (C=O) groups is 2. The topological polar surface area (TPSA) is 55.4 Å². The summed E-state index contributed by atoms with van der Waals surface area (Å²) >= 11 is 9.26. The molecule has 3 aromatic rings. The van der Waals surface area contributed by atoms with Crippen molar-refractivity contribution in [3.05, 3.63) is 49.7 Å². The number of ether oxygens (including phenoxy) is 1. The third-order valence-corrected chi connectivity index (χ3v) is 7.39. The number of methoxy groups -OCH3 is 1. The molecule has 1 aliphatic rings. The fourth-order valence-corrected chi connectivity index (χ4v) is 6.07. The van der Waals surface area contributed by atoms with Crippen molar-refractivity contribution in [2.75, 3.05) is 12.4 Å². The van der Waals surface area contributed by atoms with Crippen molar-refractivity contribution in [3.8, 4) is 0 Å². The number of nitrogens with one attached hydrogen (secondary N) is 1. The molecule has 1 aromatic carbocycles. The maximum atomic E-state index is 12.8. The maximum absolute atomic E-state index is 12.8. The molecule has 134 valence electrons. The fourth-order valence-electron chi connectivity index (χ4n) is 3.29. The second kappa shape index (κ2) is 6.68. The van der Waals surface area contributed by atoms with Gasteiger partial charge in [0.25, 0.3) is 5.91 Å². The van der Waals surface area contributed by atoms with Gasteiger partial charge in [-0.25, -0.2) is 4.79 Å². The highest BCUT2D eigenvalue weighted by atomic mass is 35.5. The van der Waals surface area contributed by atoms with E-state index in [0.717, 1.165) is 45.4 Å². The second-order valence-electron chi connectivity index (χ2n) is 6.25. The highest BCUT2D eigenvalue weighted by Gasteiger charge is 2.29. The van der Waals surface area contributed by atoms with Crippen molar-refractivity contribution >= 4 is 61.2 Å². The molecule has 1 aliphatic carbocycles. The number of anilines is 1. The Morgan fingerprint density at radius 1 is 1.23 bits per heavy atom. The minimum Gasteiger partial charge on any atom is -0.465 e. The van der Waals surface area contributed by atoms with Gasteiger partial charge in [0, 0.05) is 15.0 Å². The summed E-state index contributed by atoms with van der Waals surface area (Å²) < 4.78 is 5.90. The number of rotatable bonds is 3. The zero-order chi connectivity index (χ0) is 18.4. The van der Waals surface area contributed by atoms with Gasteiger partial charge in [-0.3, -0.25) is 4.79 Å². The molecule has 4 rings (SSSR count). The molecule has 0 fully saturated rings. The molecule has 0 atom stereocenters. The normalized spacial score (nSPS) is 13.0. The number of amides is 1. The molecule has 0 aliphatic heterocycles. The fraction of sp³-hybridized carbons (Fsp3) is 0.263. The Hall–Kier alpha value is -1.89. The predicted molar refractivity (Wildman–Crippen MR) is 107 cm³/mol. The number of thiophene rings is 2. The quantitative estimate of drug-likeness (QED) is 0.589. The Labute approximate surface area is 163 Å². The van der Waals surface area contributed by atoms with Crippen molar-refractivity contribution in [1.29, 1.82) is 0 Å². The third-order valence-electron chi connectivity index (χ3n) is 4.53. The molecule has 0 radical (unpaired) electrons. The van der Waals surface area contributed by atoms with Crippen LogP contribution in [0.25, 0.3) is 10.1 Å². The van der Waals surface area contributed by atoms with E-state index in [-0.39, 0.29) is 5.91 Å².